The molecule has 2 atom stereocenters. The van der Waals surface area contributed by atoms with E-state index in [1.165, 1.54) is 23.5 Å². The van der Waals surface area contributed by atoms with Crippen LogP contribution in [0.3, 0.4) is 0 Å². The van der Waals surface area contributed by atoms with Crippen LogP contribution >= 0.6 is 11.8 Å². The Kier molecular flexibility index (Phi) is 3.48. The lowest BCUT2D eigenvalue weighted by atomic mass is 9.97. The van der Waals surface area contributed by atoms with E-state index >= 15 is 0 Å². The van der Waals surface area contributed by atoms with Gasteiger partial charge in [-0.2, -0.15) is 11.8 Å². The van der Waals surface area contributed by atoms with Gasteiger partial charge in [0, 0.05) is 24.8 Å². The first kappa shape index (κ1) is 12.3. The molecule has 2 unspecified atom stereocenters. The van der Waals surface area contributed by atoms with Crippen LogP contribution in [-0.2, 0) is 6.42 Å². The fourth-order valence-electron chi connectivity index (χ4n) is 3.15. The maximum absolute atomic E-state index is 13.4. The van der Waals surface area contributed by atoms with E-state index in [0.717, 1.165) is 18.7 Å². The normalized spacial score (nSPS) is 24.3. The molecule has 3 rings (SSSR count). The van der Waals surface area contributed by atoms with Crippen molar-refractivity contribution in [3.8, 4) is 0 Å². The molecule has 1 saturated heterocycles. The number of rotatable bonds is 3. The molecule has 1 fully saturated rings. The third-order valence-electron chi connectivity index (χ3n) is 4.13. The van der Waals surface area contributed by atoms with Crippen LogP contribution in [0, 0.1) is 11.7 Å². The molecule has 98 valence electrons. The second kappa shape index (κ2) is 5.10. The van der Waals surface area contributed by atoms with Crippen molar-refractivity contribution in [1.29, 1.82) is 0 Å². The van der Waals surface area contributed by atoms with Gasteiger partial charge in [0.05, 0.1) is 0 Å². The summed E-state index contributed by atoms with van der Waals surface area (Å²) in [6, 6.07) is 5.53. The number of halogens is 1. The SMILES string of the molecule is NCC(C1CCSC1)N1CCc2ccc(F)cc21. The second-order valence-electron chi connectivity index (χ2n) is 5.14. The minimum Gasteiger partial charge on any atom is -0.366 e. The van der Waals surface area contributed by atoms with E-state index in [4.69, 9.17) is 5.73 Å². The lowest BCUT2D eigenvalue weighted by molar-refractivity contribution is 0.444. The molecule has 4 heteroatoms. The molecule has 0 bridgehead atoms. The second-order valence-corrected chi connectivity index (χ2v) is 6.29. The molecule has 0 aromatic heterocycles. The van der Waals surface area contributed by atoms with E-state index < -0.39 is 0 Å². The molecule has 0 radical (unpaired) electrons. The van der Waals surface area contributed by atoms with Crippen LogP contribution in [0.2, 0.25) is 0 Å². The highest BCUT2D eigenvalue weighted by atomic mass is 32.2. The zero-order valence-electron chi connectivity index (χ0n) is 10.4. The maximum atomic E-state index is 13.4. The van der Waals surface area contributed by atoms with E-state index in [9.17, 15) is 4.39 Å². The molecule has 2 nitrogen and oxygen atoms in total. The summed E-state index contributed by atoms with van der Waals surface area (Å²) >= 11 is 2.01. The van der Waals surface area contributed by atoms with Crippen molar-refractivity contribution in [3.05, 3.63) is 29.6 Å². The van der Waals surface area contributed by atoms with Gasteiger partial charge in [-0.3, -0.25) is 0 Å². The van der Waals surface area contributed by atoms with E-state index in [2.05, 4.69) is 4.90 Å². The first-order valence-electron chi connectivity index (χ1n) is 6.62. The molecule has 18 heavy (non-hydrogen) atoms. The number of nitrogens with two attached hydrogens (primary N) is 1. The molecular formula is C14H19FN2S. The molecule has 0 aliphatic carbocycles. The van der Waals surface area contributed by atoms with Crippen LogP contribution in [-0.4, -0.2) is 30.6 Å². The molecule has 0 spiro atoms. The quantitative estimate of drug-likeness (QED) is 0.910. The van der Waals surface area contributed by atoms with Gasteiger partial charge in [-0.25, -0.2) is 4.39 Å². The minimum atomic E-state index is -0.141. The van der Waals surface area contributed by atoms with Gasteiger partial charge in [0.1, 0.15) is 5.82 Å². The summed E-state index contributed by atoms with van der Waals surface area (Å²) in [5.41, 5.74) is 8.32. The zero-order valence-corrected chi connectivity index (χ0v) is 11.3. The highest BCUT2D eigenvalue weighted by molar-refractivity contribution is 7.99. The van der Waals surface area contributed by atoms with Crippen LogP contribution in [0.25, 0.3) is 0 Å². The first-order chi connectivity index (χ1) is 8.79. The van der Waals surface area contributed by atoms with Crippen molar-refractivity contribution in [3.63, 3.8) is 0 Å². The van der Waals surface area contributed by atoms with Crippen LogP contribution in [0.15, 0.2) is 18.2 Å². The van der Waals surface area contributed by atoms with E-state index in [-0.39, 0.29) is 5.82 Å². The summed E-state index contributed by atoms with van der Waals surface area (Å²) in [7, 11) is 0. The molecule has 1 aromatic rings. The fourth-order valence-corrected chi connectivity index (χ4v) is 4.48. The standard InChI is InChI=1S/C14H19FN2S/c15-12-2-1-10-3-5-17(13(10)7-12)14(8-16)11-4-6-18-9-11/h1-2,7,11,14H,3-6,8-9,16H2. The van der Waals surface area contributed by atoms with Gasteiger partial charge in [0.2, 0.25) is 0 Å². The molecule has 2 aliphatic heterocycles. The fraction of sp³-hybridized carbons (Fsp3) is 0.571. The van der Waals surface area contributed by atoms with Crippen molar-refractivity contribution < 1.29 is 4.39 Å². The number of benzene rings is 1. The predicted octanol–water partition coefficient (Wildman–Crippen LogP) is 2.27. The van der Waals surface area contributed by atoms with Crippen LogP contribution < -0.4 is 10.6 Å². The summed E-state index contributed by atoms with van der Waals surface area (Å²) in [6.45, 7) is 1.66. The van der Waals surface area contributed by atoms with Crippen molar-refractivity contribution in [2.45, 2.75) is 18.9 Å². The highest BCUT2D eigenvalue weighted by Gasteiger charge is 2.32. The monoisotopic (exact) mass is 266 g/mol. The lowest BCUT2D eigenvalue weighted by Gasteiger charge is -2.33. The Labute approximate surface area is 112 Å². The third-order valence-corrected chi connectivity index (χ3v) is 5.32. The minimum absolute atomic E-state index is 0.141. The van der Waals surface area contributed by atoms with Gasteiger partial charge in [-0.15, -0.1) is 0 Å². The number of anilines is 1. The Morgan fingerprint density at radius 2 is 2.39 bits per heavy atom. The Balaban J connectivity index is 1.87. The van der Waals surface area contributed by atoms with Crippen molar-refractivity contribution in [2.75, 3.05) is 29.5 Å². The van der Waals surface area contributed by atoms with Crippen LogP contribution in [0.4, 0.5) is 10.1 Å². The molecule has 2 N–H and O–H groups in total. The van der Waals surface area contributed by atoms with Crippen molar-refractivity contribution >= 4 is 17.4 Å². The summed E-state index contributed by atoms with van der Waals surface area (Å²) in [4.78, 5) is 2.34. The van der Waals surface area contributed by atoms with Gasteiger partial charge < -0.3 is 10.6 Å². The largest absolute Gasteiger partial charge is 0.366 e. The van der Waals surface area contributed by atoms with Gasteiger partial charge in [0.25, 0.3) is 0 Å². The van der Waals surface area contributed by atoms with Gasteiger partial charge in [-0.05, 0) is 48.0 Å². The smallest absolute Gasteiger partial charge is 0.125 e. The average Bonchev–Trinajstić information content (AvgIpc) is 3.01. The summed E-state index contributed by atoms with van der Waals surface area (Å²) < 4.78 is 13.4. The van der Waals surface area contributed by atoms with Gasteiger partial charge in [0.15, 0.2) is 0 Å². The van der Waals surface area contributed by atoms with Gasteiger partial charge >= 0.3 is 0 Å². The first-order valence-corrected chi connectivity index (χ1v) is 7.78. The van der Waals surface area contributed by atoms with Crippen LogP contribution in [0.5, 0.6) is 0 Å². The van der Waals surface area contributed by atoms with Gasteiger partial charge in [-0.1, -0.05) is 6.07 Å². The zero-order chi connectivity index (χ0) is 12.5. The van der Waals surface area contributed by atoms with Crippen LogP contribution in [0.1, 0.15) is 12.0 Å². The Morgan fingerprint density at radius 3 is 3.11 bits per heavy atom. The molecule has 0 amide bonds. The topological polar surface area (TPSA) is 29.3 Å². The number of fused-ring (bicyclic) bond motifs is 1. The summed E-state index contributed by atoms with van der Waals surface area (Å²) in [6.07, 6.45) is 2.26. The van der Waals surface area contributed by atoms with Crippen molar-refractivity contribution in [2.24, 2.45) is 11.7 Å². The molecule has 2 aliphatic rings. The molecule has 1 aromatic carbocycles. The average molecular weight is 266 g/mol. The number of thioether (sulfide) groups is 1. The number of hydrogen-bond donors (Lipinski definition) is 1. The number of nitrogens with zero attached hydrogens (tertiary/aromatic N) is 1. The highest BCUT2D eigenvalue weighted by Crippen LogP contribution is 2.35. The summed E-state index contributed by atoms with van der Waals surface area (Å²) in [5.74, 6) is 2.96. The Bertz CT molecular complexity index is 432. The van der Waals surface area contributed by atoms with E-state index in [1.54, 1.807) is 12.1 Å². The van der Waals surface area contributed by atoms with E-state index in [0.29, 0.717) is 18.5 Å². The van der Waals surface area contributed by atoms with E-state index in [1.807, 2.05) is 17.8 Å². The molecule has 2 heterocycles. The maximum Gasteiger partial charge on any atom is 0.125 e. The Hall–Kier alpha value is -0.740. The molecule has 0 saturated carbocycles. The number of hydrogen-bond acceptors (Lipinski definition) is 3. The molecular weight excluding hydrogens is 247 g/mol. The predicted molar refractivity (Wildman–Crippen MR) is 75.7 cm³/mol. The summed E-state index contributed by atoms with van der Waals surface area (Å²) in [5, 5.41) is 0. The third kappa shape index (κ3) is 2.12. The van der Waals surface area contributed by atoms with Crippen molar-refractivity contribution in [1.82, 2.24) is 0 Å². The Morgan fingerprint density at radius 1 is 1.50 bits per heavy atom. The lowest BCUT2D eigenvalue weighted by Crippen LogP contribution is -2.45.